The molecule has 0 unspecified atom stereocenters. The summed E-state index contributed by atoms with van der Waals surface area (Å²) < 4.78 is 10.7. The molecule has 4 bridgehead atoms. The van der Waals surface area contributed by atoms with Crippen molar-refractivity contribution in [2.24, 2.45) is 23.7 Å². The van der Waals surface area contributed by atoms with Crippen molar-refractivity contribution in [3.63, 3.8) is 0 Å². The van der Waals surface area contributed by atoms with E-state index in [0.29, 0.717) is 11.8 Å². The maximum Gasteiger partial charge on any atom is 0.408 e. The van der Waals surface area contributed by atoms with Gasteiger partial charge in [0, 0.05) is 42.2 Å². The molecular formula is C36H42N4O6. The Bertz CT molecular complexity index is 1590. The summed E-state index contributed by atoms with van der Waals surface area (Å²) in [5.41, 5.74) is 1.20. The van der Waals surface area contributed by atoms with Gasteiger partial charge in [0.15, 0.2) is 0 Å². The molecule has 7 rings (SSSR count). The van der Waals surface area contributed by atoms with Crippen molar-refractivity contribution in [3.8, 4) is 0 Å². The molecule has 1 heterocycles. The fraction of sp³-hybridized carbons (Fsp3) is 0.444. The molecule has 0 saturated heterocycles. The predicted molar refractivity (Wildman–Crippen MR) is 172 cm³/mol. The number of nitrogens with one attached hydrogen (secondary N) is 4. The zero-order chi connectivity index (χ0) is 32.3. The molecule has 3 aromatic rings. The minimum Gasteiger partial charge on any atom is -0.466 e. The van der Waals surface area contributed by atoms with Gasteiger partial charge < -0.3 is 30.4 Å². The molecule has 3 amide bonds. The van der Waals surface area contributed by atoms with Crippen LogP contribution in [0.5, 0.6) is 0 Å². The average Bonchev–Trinajstić information content (AvgIpc) is 3.45. The molecule has 2 aromatic carbocycles. The zero-order valence-corrected chi connectivity index (χ0v) is 26.3. The highest BCUT2D eigenvalue weighted by Gasteiger charge is 2.50. The van der Waals surface area contributed by atoms with Crippen LogP contribution >= 0.6 is 0 Å². The third-order valence-corrected chi connectivity index (χ3v) is 10.0. The summed E-state index contributed by atoms with van der Waals surface area (Å²) in [4.78, 5) is 55.1. The van der Waals surface area contributed by atoms with E-state index in [0.717, 1.165) is 71.7 Å². The molecule has 4 aliphatic carbocycles. The van der Waals surface area contributed by atoms with E-state index >= 15 is 0 Å². The topological polar surface area (TPSA) is 139 Å². The van der Waals surface area contributed by atoms with Crippen LogP contribution in [0.4, 0.5) is 4.79 Å². The number of rotatable bonds is 11. The maximum absolute atomic E-state index is 14.1. The van der Waals surface area contributed by atoms with Crippen molar-refractivity contribution < 1.29 is 28.7 Å². The van der Waals surface area contributed by atoms with Crippen LogP contribution in [-0.4, -0.2) is 54.2 Å². The number of hydrogen-bond acceptors (Lipinski definition) is 6. The number of alkyl carbamates (subject to hydrolysis) is 1. The molecule has 46 heavy (non-hydrogen) atoms. The minimum atomic E-state index is -1.37. The fourth-order valence-electron chi connectivity index (χ4n) is 8.04. The van der Waals surface area contributed by atoms with Crippen molar-refractivity contribution >= 4 is 34.8 Å². The van der Waals surface area contributed by atoms with Gasteiger partial charge in [-0.15, -0.1) is 0 Å². The molecule has 4 saturated carbocycles. The summed E-state index contributed by atoms with van der Waals surface area (Å²) in [7, 11) is 1.23. The van der Waals surface area contributed by atoms with Crippen LogP contribution < -0.4 is 16.0 Å². The Morgan fingerprint density at radius 3 is 2.30 bits per heavy atom. The molecular weight excluding hydrogens is 584 g/mol. The molecule has 4 aliphatic rings. The van der Waals surface area contributed by atoms with Crippen LogP contribution in [0.15, 0.2) is 72.9 Å². The van der Waals surface area contributed by atoms with Gasteiger partial charge in [-0.2, -0.15) is 0 Å². The lowest BCUT2D eigenvalue weighted by Gasteiger charge is -2.53. The van der Waals surface area contributed by atoms with Gasteiger partial charge in [-0.25, -0.2) is 9.59 Å². The van der Waals surface area contributed by atoms with Crippen LogP contribution in [-0.2, 0) is 30.3 Å². The number of H-pyrrole nitrogens is 1. The predicted octanol–water partition coefficient (Wildman–Crippen LogP) is 4.72. The SMILES string of the molecule is COC(=O)/C=C/C(=O)N[C@@H](CNC(=O)[C@@](C)(Cc1c[nH]c2ccccc12)NC(=O)OC1C2CC3CC(C2)CC1C3)c1ccccc1. The lowest BCUT2D eigenvalue weighted by atomic mass is 9.55. The number of methoxy groups -OCH3 is 1. The number of fused-ring (bicyclic) bond motifs is 1. The van der Waals surface area contributed by atoms with Crippen molar-refractivity contribution in [1.82, 2.24) is 20.9 Å². The first-order valence-electron chi connectivity index (χ1n) is 16.1. The summed E-state index contributed by atoms with van der Waals surface area (Å²) in [5.74, 6) is 0.680. The number of ether oxygens (including phenoxy) is 2. The van der Waals surface area contributed by atoms with Gasteiger partial charge in [0.2, 0.25) is 11.8 Å². The molecule has 2 atom stereocenters. The van der Waals surface area contributed by atoms with E-state index in [-0.39, 0.29) is 19.1 Å². The third kappa shape index (κ3) is 6.95. The van der Waals surface area contributed by atoms with Crippen molar-refractivity contribution in [1.29, 1.82) is 0 Å². The summed E-state index contributed by atoms with van der Waals surface area (Å²) in [5, 5.41) is 9.75. The number of benzene rings is 2. The van der Waals surface area contributed by atoms with E-state index in [2.05, 4.69) is 25.7 Å². The monoisotopic (exact) mass is 626 g/mol. The minimum absolute atomic E-state index is 0.0381. The largest absolute Gasteiger partial charge is 0.466 e. The summed E-state index contributed by atoms with van der Waals surface area (Å²) in [6, 6.07) is 16.4. The number of aromatic amines is 1. The fourth-order valence-corrected chi connectivity index (χ4v) is 8.04. The number of carbonyl (C=O) groups is 4. The molecule has 1 aromatic heterocycles. The van der Waals surface area contributed by atoms with Crippen LogP contribution in [0.1, 0.15) is 56.2 Å². The zero-order valence-electron chi connectivity index (χ0n) is 26.3. The Balaban J connectivity index is 1.19. The number of esters is 1. The van der Waals surface area contributed by atoms with Crippen LogP contribution in [0.3, 0.4) is 0 Å². The van der Waals surface area contributed by atoms with E-state index in [1.807, 2.05) is 60.8 Å². The first-order valence-corrected chi connectivity index (χ1v) is 16.1. The molecule has 4 N–H and O–H groups in total. The van der Waals surface area contributed by atoms with Gasteiger partial charge in [-0.1, -0.05) is 48.5 Å². The molecule has 10 heteroatoms. The summed E-state index contributed by atoms with van der Waals surface area (Å²) in [6.07, 6.45) is 9.24. The molecule has 10 nitrogen and oxygen atoms in total. The normalized spacial score (nSPS) is 25.0. The van der Waals surface area contributed by atoms with Crippen LogP contribution in [0, 0.1) is 23.7 Å². The molecule has 0 aliphatic heterocycles. The lowest BCUT2D eigenvalue weighted by Crippen LogP contribution is -2.60. The Hall–Kier alpha value is -4.60. The number of para-hydroxylation sites is 1. The molecule has 0 spiro atoms. The van der Waals surface area contributed by atoms with Gasteiger partial charge in [-0.3, -0.25) is 9.59 Å². The van der Waals surface area contributed by atoms with Crippen molar-refractivity contribution in [3.05, 3.63) is 84.1 Å². The standard InChI is InChI=1S/C36H42N4O6/c1-36(19-27-20-37-29-11-7-6-10-28(27)29,40-35(44)46-33-25-15-22-14-23(17-25)18-26(33)16-22)34(43)38-21-30(24-8-4-3-5-9-24)39-31(41)12-13-32(42)45-2/h3-13,20,22-23,25-26,30,33,37H,14-19,21H2,1-2H3,(H,38,43)(H,39,41)(H,40,44)/b13-12+/t22?,23?,25?,26?,30-,33?,36+/m0/s1. The second-order valence-corrected chi connectivity index (χ2v) is 13.3. The van der Waals surface area contributed by atoms with Crippen LogP contribution in [0.25, 0.3) is 10.9 Å². The molecule has 4 fully saturated rings. The van der Waals surface area contributed by atoms with E-state index in [1.165, 1.54) is 13.5 Å². The number of amides is 3. The summed E-state index contributed by atoms with van der Waals surface area (Å²) >= 11 is 0. The highest BCUT2D eigenvalue weighted by atomic mass is 16.6. The van der Waals surface area contributed by atoms with Crippen molar-refractivity contribution in [2.75, 3.05) is 13.7 Å². The van der Waals surface area contributed by atoms with E-state index in [9.17, 15) is 19.2 Å². The second kappa shape index (κ2) is 13.4. The third-order valence-electron chi connectivity index (χ3n) is 10.0. The highest BCUT2D eigenvalue weighted by Crippen LogP contribution is 2.54. The average molecular weight is 627 g/mol. The van der Waals surface area contributed by atoms with Crippen molar-refractivity contribution in [2.45, 2.75) is 63.1 Å². The lowest BCUT2D eigenvalue weighted by molar-refractivity contribution is -0.135. The number of aromatic nitrogens is 1. The van der Waals surface area contributed by atoms with Gasteiger partial charge in [0.05, 0.1) is 13.2 Å². The number of carbonyl (C=O) groups excluding carboxylic acids is 4. The Morgan fingerprint density at radius 2 is 1.61 bits per heavy atom. The van der Waals surface area contributed by atoms with E-state index < -0.39 is 35.5 Å². The number of hydrogen-bond donors (Lipinski definition) is 4. The van der Waals surface area contributed by atoms with E-state index in [4.69, 9.17) is 4.74 Å². The quantitative estimate of drug-likeness (QED) is 0.180. The van der Waals surface area contributed by atoms with Crippen LogP contribution in [0.2, 0.25) is 0 Å². The molecule has 0 radical (unpaired) electrons. The Labute approximate surface area is 268 Å². The smallest absolute Gasteiger partial charge is 0.408 e. The first kappa shape index (κ1) is 31.4. The van der Waals surface area contributed by atoms with Gasteiger partial charge in [-0.05, 0) is 79.9 Å². The van der Waals surface area contributed by atoms with E-state index in [1.54, 1.807) is 6.92 Å². The maximum atomic E-state index is 14.1. The van der Waals surface area contributed by atoms with Gasteiger partial charge in [0.25, 0.3) is 0 Å². The summed E-state index contributed by atoms with van der Waals surface area (Å²) in [6.45, 7) is 1.74. The first-order chi connectivity index (χ1) is 22.2. The Kier molecular flexibility index (Phi) is 9.15. The molecule has 242 valence electrons. The van der Waals surface area contributed by atoms with Gasteiger partial charge in [0.1, 0.15) is 11.6 Å². The van der Waals surface area contributed by atoms with Gasteiger partial charge >= 0.3 is 12.1 Å². The second-order valence-electron chi connectivity index (χ2n) is 13.3. The highest BCUT2D eigenvalue weighted by molar-refractivity contribution is 5.95. The Morgan fingerprint density at radius 1 is 0.935 bits per heavy atom.